The zero-order valence-electron chi connectivity index (χ0n) is 14.8. The van der Waals surface area contributed by atoms with Crippen molar-refractivity contribution in [1.82, 2.24) is 10.2 Å². The van der Waals surface area contributed by atoms with Gasteiger partial charge in [0.05, 0.1) is 11.5 Å². The Kier molecular flexibility index (Phi) is 6.66. The van der Waals surface area contributed by atoms with Gasteiger partial charge in [-0.1, -0.05) is 13.3 Å². The minimum absolute atomic E-state index is 0.0167. The van der Waals surface area contributed by atoms with Crippen molar-refractivity contribution >= 4 is 21.7 Å². The molecule has 1 aliphatic carbocycles. The van der Waals surface area contributed by atoms with Gasteiger partial charge >= 0.3 is 0 Å². The predicted molar refractivity (Wildman–Crippen MR) is 93.2 cm³/mol. The highest BCUT2D eigenvalue weighted by atomic mass is 32.2. The SMILES string of the molecule is CCCCNC(=O)C1CCC(C(=O)N(C)C2CCS(=O)(=O)C2)CC1. The van der Waals surface area contributed by atoms with E-state index in [1.807, 2.05) is 0 Å². The average molecular weight is 359 g/mol. The monoisotopic (exact) mass is 358 g/mol. The number of unbranched alkanes of at least 4 members (excludes halogenated alkanes) is 1. The Morgan fingerprint density at radius 3 is 2.25 bits per heavy atom. The van der Waals surface area contributed by atoms with E-state index >= 15 is 0 Å². The highest BCUT2D eigenvalue weighted by molar-refractivity contribution is 7.91. The average Bonchev–Trinajstić information content (AvgIpc) is 2.93. The number of nitrogens with one attached hydrogen (secondary N) is 1. The van der Waals surface area contributed by atoms with E-state index in [9.17, 15) is 18.0 Å². The molecule has 1 aliphatic heterocycles. The van der Waals surface area contributed by atoms with E-state index in [2.05, 4.69) is 12.2 Å². The van der Waals surface area contributed by atoms with Crippen molar-refractivity contribution in [3.63, 3.8) is 0 Å². The van der Waals surface area contributed by atoms with Crippen molar-refractivity contribution in [2.45, 2.75) is 57.9 Å². The predicted octanol–water partition coefficient (Wildman–Crippen LogP) is 1.35. The second kappa shape index (κ2) is 8.32. The van der Waals surface area contributed by atoms with Crippen LogP contribution in [0.2, 0.25) is 0 Å². The van der Waals surface area contributed by atoms with E-state index in [1.165, 1.54) is 0 Å². The lowest BCUT2D eigenvalue weighted by Gasteiger charge is -2.32. The molecule has 1 heterocycles. The van der Waals surface area contributed by atoms with Crippen LogP contribution >= 0.6 is 0 Å². The normalized spacial score (nSPS) is 29.2. The zero-order valence-corrected chi connectivity index (χ0v) is 15.6. The molecule has 1 saturated carbocycles. The fourth-order valence-corrected chi connectivity index (χ4v) is 5.46. The van der Waals surface area contributed by atoms with Crippen LogP contribution in [0.3, 0.4) is 0 Å². The van der Waals surface area contributed by atoms with Gasteiger partial charge in [-0.05, 0) is 38.5 Å². The van der Waals surface area contributed by atoms with Gasteiger partial charge in [0.15, 0.2) is 9.84 Å². The molecule has 2 amide bonds. The molecule has 1 N–H and O–H groups in total. The van der Waals surface area contributed by atoms with Gasteiger partial charge in [-0.15, -0.1) is 0 Å². The van der Waals surface area contributed by atoms with Crippen molar-refractivity contribution in [1.29, 1.82) is 0 Å². The molecule has 0 aromatic heterocycles. The standard InChI is InChI=1S/C17H30N2O4S/c1-3-4-10-18-16(20)13-5-7-14(8-6-13)17(21)19(2)15-9-11-24(22,23)12-15/h13-15H,3-12H2,1-2H3,(H,18,20). The molecule has 0 radical (unpaired) electrons. The maximum Gasteiger partial charge on any atom is 0.225 e. The number of carbonyl (C=O) groups is 2. The summed E-state index contributed by atoms with van der Waals surface area (Å²) in [5, 5.41) is 2.97. The van der Waals surface area contributed by atoms with Crippen LogP contribution in [0.15, 0.2) is 0 Å². The van der Waals surface area contributed by atoms with Gasteiger partial charge in [-0.25, -0.2) is 8.42 Å². The summed E-state index contributed by atoms with van der Waals surface area (Å²) in [5.41, 5.74) is 0. The summed E-state index contributed by atoms with van der Waals surface area (Å²) in [5.74, 6) is 0.372. The second-order valence-electron chi connectivity index (χ2n) is 7.20. The topological polar surface area (TPSA) is 83.6 Å². The number of hydrogen-bond donors (Lipinski definition) is 1. The number of sulfone groups is 1. The van der Waals surface area contributed by atoms with Crippen LogP contribution in [0, 0.1) is 11.8 Å². The summed E-state index contributed by atoms with van der Waals surface area (Å²) in [6.07, 6.45) is 5.51. The molecule has 0 bridgehead atoms. The Hall–Kier alpha value is -1.11. The molecule has 2 aliphatic rings. The molecule has 0 spiro atoms. The first-order valence-electron chi connectivity index (χ1n) is 9.09. The van der Waals surface area contributed by atoms with Crippen molar-refractivity contribution in [3.8, 4) is 0 Å². The first kappa shape index (κ1) is 19.2. The summed E-state index contributed by atoms with van der Waals surface area (Å²) >= 11 is 0. The number of carbonyl (C=O) groups excluding carboxylic acids is 2. The molecule has 1 atom stereocenters. The minimum atomic E-state index is -2.98. The summed E-state index contributed by atoms with van der Waals surface area (Å²) in [6.45, 7) is 2.82. The molecule has 138 valence electrons. The van der Waals surface area contributed by atoms with E-state index < -0.39 is 9.84 Å². The fourth-order valence-electron chi connectivity index (χ4n) is 3.68. The largest absolute Gasteiger partial charge is 0.356 e. The van der Waals surface area contributed by atoms with Crippen LogP contribution in [0.4, 0.5) is 0 Å². The quantitative estimate of drug-likeness (QED) is 0.727. The third-order valence-corrected chi connectivity index (χ3v) is 7.13. The van der Waals surface area contributed by atoms with Gasteiger partial charge in [0.2, 0.25) is 11.8 Å². The van der Waals surface area contributed by atoms with Gasteiger partial charge in [0.25, 0.3) is 0 Å². The molecule has 2 fully saturated rings. The lowest BCUT2D eigenvalue weighted by molar-refractivity contribution is -0.138. The first-order chi connectivity index (χ1) is 11.3. The van der Waals surface area contributed by atoms with Crippen LogP contribution < -0.4 is 5.32 Å². The van der Waals surface area contributed by atoms with Gasteiger partial charge < -0.3 is 10.2 Å². The lowest BCUT2D eigenvalue weighted by Crippen LogP contribution is -2.43. The van der Waals surface area contributed by atoms with Gasteiger partial charge in [-0.3, -0.25) is 9.59 Å². The Labute approximate surface area is 145 Å². The Balaban J connectivity index is 1.79. The third-order valence-electron chi connectivity index (χ3n) is 5.38. The van der Waals surface area contributed by atoms with Crippen LogP contribution in [0.25, 0.3) is 0 Å². The maximum absolute atomic E-state index is 12.6. The Morgan fingerprint density at radius 1 is 1.08 bits per heavy atom. The molecule has 24 heavy (non-hydrogen) atoms. The van der Waals surface area contributed by atoms with Gasteiger partial charge in [0, 0.05) is 31.5 Å². The van der Waals surface area contributed by atoms with Crippen LogP contribution in [0.1, 0.15) is 51.9 Å². The number of hydrogen-bond acceptors (Lipinski definition) is 4. The number of nitrogens with zero attached hydrogens (tertiary/aromatic N) is 1. The van der Waals surface area contributed by atoms with Crippen molar-refractivity contribution in [2.24, 2.45) is 11.8 Å². The number of rotatable bonds is 6. The molecule has 1 saturated heterocycles. The molecule has 2 rings (SSSR count). The fraction of sp³-hybridized carbons (Fsp3) is 0.882. The van der Waals surface area contributed by atoms with Crippen LogP contribution in [-0.4, -0.2) is 56.3 Å². The van der Waals surface area contributed by atoms with Gasteiger partial charge in [-0.2, -0.15) is 0 Å². The molecule has 6 nitrogen and oxygen atoms in total. The zero-order chi connectivity index (χ0) is 17.7. The highest BCUT2D eigenvalue weighted by Crippen LogP contribution is 2.31. The lowest BCUT2D eigenvalue weighted by atomic mass is 9.80. The van der Waals surface area contributed by atoms with E-state index in [0.717, 1.165) is 32.2 Å². The molecule has 1 unspecified atom stereocenters. The van der Waals surface area contributed by atoms with E-state index in [0.29, 0.717) is 19.3 Å². The molecular formula is C17H30N2O4S. The summed E-state index contributed by atoms with van der Waals surface area (Å²) < 4.78 is 23.2. The first-order valence-corrected chi connectivity index (χ1v) is 10.9. The van der Waals surface area contributed by atoms with Crippen LogP contribution in [-0.2, 0) is 19.4 Å². The second-order valence-corrected chi connectivity index (χ2v) is 9.43. The van der Waals surface area contributed by atoms with E-state index in [-0.39, 0.29) is 41.2 Å². The molecule has 0 aromatic rings. The van der Waals surface area contributed by atoms with Crippen molar-refractivity contribution in [2.75, 3.05) is 25.1 Å². The van der Waals surface area contributed by atoms with E-state index in [4.69, 9.17) is 0 Å². The Bertz CT molecular complexity index is 553. The van der Waals surface area contributed by atoms with Crippen molar-refractivity contribution < 1.29 is 18.0 Å². The summed E-state index contributed by atoms with van der Waals surface area (Å²) in [6, 6.07) is -0.183. The summed E-state index contributed by atoms with van der Waals surface area (Å²) in [4.78, 5) is 26.3. The smallest absolute Gasteiger partial charge is 0.225 e. The molecular weight excluding hydrogens is 328 g/mol. The van der Waals surface area contributed by atoms with Gasteiger partial charge in [0.1, 0.15) is 0 Å². The molecule has 0 aromatic carbocycles. The summed E-state index contributed by atoms with van der Waals surface area (Å²) in [7, 11) is -1.26. The number of amides is 2. The van der Waals surface area contributed by atoms with Crippen molar-refractivity contribution in [3.05, 3.63) is 0 Å². The molecule has 7 heteroatoms. The van der Waals surface area contributed by atoms with Crippen LogP contribution in [0.5, 0.6) is 0 Å². The Morgan fingerprint density at radius 2 is 1.71 bits per heavy atom. The third kappa shape index (κ3) is 4.94. The minimum Gasteiger partial charge on any atom is -0.356 e. The maximum atomic E-state index is 12.6. The highest BCUT2D eigenvalue weighted by Gasteiger charge is 2.37. The van der Waals surface area contributed by atoms with E-state index in [1.54, 1.807) is 11.9 Å².